The van der Waals surface area contributed by atoms with E-state index in [4.69, 9.17) is 10.5 Å². The van der Waals surface area contributed by atoms with E-state index in [0.717, 1.165) is 5.69 Å². The van der Waals surface area contributed by atoms with Crippen molar-refractivity contribution in [2.24, 2.45) is 0 Å². The Labute approximate surface area is 95.2 Å². The van der Waals surface area contributed by atoms with Crippen LogP contribution in [-0.2, 0) is 4.74 Å². The maximum atomic E-state index is 11.9. The first kappa shape index (κ1) is 12.4. The molecule has 16 heavy (non-hydrogen) atoms. The van der Waals surface area contributed by atoms with Gasteiger partial charge in [-0.05, 0) is 19.1 Å². The molecule has 1 heterocycles. The van der Waals surface area contributed by atoms with Crippen molar-refractivity contribution in [1.29, 1.82) is 0 Å². The predicted molar refractivity (Wildman–Crippen MR) is 62.2 cm³/mol. The van der Waals surface area contributed by atoms with Crippen LogP contribution in [0.15, 0.2) is 12.1 Å². The Morgan fingerprint density at radius 3 is 2.81 bits per heavy atom. The number of carbonyl (C=O) groups excluding carboxylic acids is 1. The molecule has 0 atom stereocenters. The lowest BCUT2D eigenvalue weighted by atomic mass is 10.2. The number of aryl methyl sites for hydroxylation is 1. The first-order valence-electron chi connectivity index (χ1n) is 5.03. The minimum Gasteiger partial charge on any atom is -0.384 e. The van der Waals surface area contributed by atoms with Gasteiger partial charge in [0.25, 0.3) is 5.91 Å². The number of nitrogen functional groups attached to an aromatic ring is 1. The van der Waals surface area contributed by atoms with Crippen LogP contribution in [0.4, 0.5) is 5.82 Å². The van der Waals surface area contributed by atoms with Crippen LogP contribution in [0.3, 0.4) is 0 Å². The van der Waals surface area contributed by atoms with Crippen LogP contribution >= 0.6 is 0 Å². The Hall–Kier alpha value is -1.62. The molecule has 0 radical (unpaired) electrons. The molecule has 0 fully saturated rings. The van der Waals surface area contributed by atoms with Gasteiger partial charge in [0, 0.05) is 32.0 Å². The van der Waals surface area contributed by atoms with E-state index in [1.54, 1.807) is 31.2 Å². The van der Waals surface area contributed by atoms with Crippen LogP contribution in [0, 0.1) is 6.92 Å². The Balaban J connectivity index is 2.79. The van der Waals surface area contributed by atoms with E-state index in [1.807, 2.05) is 6.92 Å². The van der Waals surface area contributed by atoms with Gasteiger partial charge >= 0.3 is 0 Å². The van der Waals surface area contributed by atoms with E-state index in [0.29, 0.717) is 24.5 Å². The zero-order valence-corrected chi connectivity index (χ0v) is 9.86. The summed E-state index contributed by atoms with van der Waals surface area (Å²) in [5.41, 5.74) is 6.89. The van der Waals surface area contributed by atoms with E-state index < -0.39 is 0 Å². The van der Waals surface area contributed by atoms with E-state index in [2.05, 4.69) is 4.98 Å². The van der Waals surface area contributed by atoms with Crippen molar-refractivity contribution in [3.8, 4) is 0 Å². The van der Waals surface area contributed by atoms with Crippen molar-refractivity contribution in [3.05, 3.63) is 23.4 Å². The molecule has 0 unspecified atom stereocenters. The molecule has 0 aliphatic heterocycles. The highest BCUT2D eigenvalue weighted by Crippen LogP contribution is 2.09. The number of carbonyl (C=O) groups is 1. The topological polar surface area (TPSA) is 68.5 Å². The van der Waals surface area contributed by atoms with Gasteiger partial charge in [-0.1, -0.05) is 0 Å². The van der Waals surface area contributed by atoms with Gasteiger partial charge in [-0.25, -0.2) is 4.98 Å². The average molecular weight is 223 g/mol. The molecule has 0 spiro atoms. The Kier molecular flexibility index (Phi) is 4.25. The van der Waals surface area contributed by atoms with Crippen molar-refractivity contribution in [2.45, 2.75) is 6.92 Å². The van der Waals surface area contributed by atoms with Crippen LogP contribution < -0.4 is 5.73 Å². The molecule has 1 amide bonds. The maximum absolute atomic E-state index is 11.9. The van der Waals surface area contributed by atoms with Crippen molar-refractivity contribution in [2.75, 3.05) is 33.0 Å². The van der Waals surface area contributed by atoms with Crippen LogP contribution in [0.2, 0.25) is 0 Å². The molecule has 0 saturated heterocycles. The molecule has 1 rings (SSSR count). The van der Waals surface area contributed by atoms with Crippen molar-refractivity contribution in [3.63, 3.8) is 0 Å². The minimum atomic E-state index is -0.0748. The van der Waals surface area contributed by atoms with Crippen LogP contribution in [0.25, 0.3) is 0 Å². The second kappa shape index (κ2) is 5.46. The van der Waals surface area contributed by atoms with Crippen molar-refractivity contribution in [1.82, 2.24) is 9.88 Å². The molecule has 0 bridgehead atoms. The Morgan fingerprint density at radius 1 is 1.56 bits per heavy atom. The van der Waals surface area contributed by atoms with Gasteiger partial charge in [-0.2, -0.15) is 0 Å². The molecule has 88 valence electrons. The number of likely N-dealkylation sites (N-methyl/N-ethyl adjacent to an activating group) is 1. The number of ether oxygens (including phenoxy) is 1. The number of anilines is 1. The van der Waals surface area contributed by atoms with Crippen LogP contribution in [0.1, 0.15) is 16.1 Å². The highest BCUT2D eigenvalue weighted by Gasteiger charge is 2.12. The number of nitrogens with two attached hydrogens (primary N) is 1. The van der Waals surface area contributed by atoms with Crippen molar-refractivity contribution >= 4 is 11.7 Å². The van der Waals surface area contributed by atoms with Gasteiger partial charge in [-0.15, -0.1) is 0 Å². The lowest BCUT2D eigenvalue weighted by molar-refractivity contribution is 0.0744. The summed E-state index contributed by atoms with van der Waals surface area (Å²) in [6, 6.07) is 3.31. The molecular weight excluding hydrogens is 206 g/mol. The molecule has 5 heteroatoms. The third-order valence-electron chi connectivity index (χ3n) is 2.20. The number of methoxy groups -OCH3 is 1. The molecule has 0 saturated carbocycles. The van der Waals surface area contributed by atoms with Gasteiger partial charge in [0.05, 0.1) is 6.61 Å². The number of hydrogen-bond donors (Lipinski definition) is 1. The van der Waals surface area contributed by atoms with E-state index in [1.165, 1.54) is 0 Å². The summed E-state index contributed by atoms with van der Waals surface area (Å²) in [4.78, 5) is 17.6. The van der Waals surface area contributed by atoms with E-state index in [-0.39, 0.29) is 5.91 Å². The predicted octanol–water partition coefficient (Wildman–Crippen LogP) is 0.691. The molecule has 1 aromatic rings. The second-order valence-electron chi connectivity index (χ2n) is 3.64. The molecule has 2 N–H and O–H groups in total. The number of rotatable bonds is 4. The van der Waals surface area contributed by atoms with Crippen molar-refractivity contribution < 1.29 is 9.53 Å². The number of aromatic nitrogens is 1. The maximum Gasteiger partial charge on any atom is 0.253 e. The standard InChI is InChI=1S/C11H17N3O2/c1-8-6-9(7-10(12)13-8)11(15)14(2)4-5-16-3/h6-7H,4-5H2,1-3H3,(H2,12,13). The fourth-order valence-corrected chi connectivity index (χ4v) is 1.37. The second-order valence-corrected chi connectivity index (χ2v) is 3.64. The molecular formula is C11H17N3O2. The third kappa shape index (κ3) is 3.20. The van der Waals surface area contributed by atoms with Gasteiger partial charge < -0.3 is 15.4 Å². The summed E-state index contributed by atoms with van der Waals surface area (Å²) in [5, 5.41) is 0. The zero-order chi connectivity index (χ0) is 12.1. The highest BCUT2D eigenvalue weighted by molar-refractivity contribution is 5.94. The van der Waals surface area contributed by atoms with Crippen LogP contribution in [-0.4, -0.2) is 43.1 Å². The normalized spacial score (nSPS) is 10.2. The van der Waals surface area contributed by atoms with Gasteiger partial charge in [0.15, 0.2) is 0 Å². The molecule has 1 aromatic heterocycles. The van der Waals surface area contributed by atoms with Crippen LogP contribution in [0.5, 0.6) is 0 Å². The first-order chi connectivity index (χ1) is 7.54. The number of amides is 1. The SMILES string of the molecule is COCCN(C)C(=O)c1cc(C)nc(N)c1. The molecule has 0 aromatic carbocycles. The molecule has 0 aliphatic rings. The lowest BCUT2D eigenvalue weighted by Crippen LogP contribution is -2.30. The zero-order valence-electron chi connectivity index (χ0n) is 9.86. The summed E-state index contributed by atoms with van der Waals surface area (Å²) in [7, 11) is 3.33. The third-order valence-corrected chi connectivity index (χ3v) is 2.20. The molecule has 0 aliphatic carbocycles. The fourth-order valence-electron chi connectivity index (χ4n) is 1.37. The lowest BCUT2D eigenvalue weighted by Gasteiger charge is -2.16. The number of nitrogens with zero attached hydrogens (tertiary/aromatic N) is 2. The monoisotopic (exact) mass is 223 g/mol. The number of hydrogen-bond acceptors (Lipinski definition) is 4. The summed E-state index contributed by atoms with van der Waals surface area (Å²) >= 11 is 0. The summed E-state index contributed by atoms with van der Waals surface area (Å²) < 4.78 is 4.92. The average Bonchev–Trinajstić information content (AvgIpc) is 2.23. The van der Waals surface area contributed by atoms with Gasteiger partial charge in [0.2, 0.25) is 0 Å². The van der Waals surface area contributed by atoms with Gasteiger partial charge in [-0.3, -0.25) is 4.79 Å². The Bertz CT molecular complexity index is 359. The van der Waals surface area contributed by atoms with E-state index in [9.17, 15) is 4.79 Å². The number of pyridine rings is 1. The summed E-state index contributed by atoms with van der Waals surface area (Å²) in [6.45, 7) is 2.88. The highest BCUT2D eigenvalue weighted by atomic mass is 16.5. The summed E-state index contributed by atoms with van der Waals surface area (Å²) in [5.74, 6) is 0.290. The van der Waals surface area contributed by atoms with Gasteiger partial charge in [0.1, 0.15) is 5.82 Å². The quantitative estimate of drug-likeness (QED) is 0.815. The van der Waals surface area contributed by atoms with E-state index >= 15 is 0 Å². The fraction of sp³-hybridized carbons (Fsp3) is 0.455. The smallest absolute Gasteiger partial charge is 0.253 e. The summed E-state index contributed by atoms with van der Waals surface area (Å²) in [6.07, 6.45) is 0. The molecule has 5 nitrogen and oxygen atoms in total. The Morgan fingerprint density at radius 2 is 2.25 bits per heavy atom. The first-order valence-corrected chi connectivity index (χ1v) is 5.03. The largest absolute Gasteiger partial charge is 0.384 e. The minimum absolute atomic E-state index is 0.0748.